The number of benzene rings is 1. The Bertz CT molecular complexity index is 847. The summed E-state index contributed by atoms with van der Waals surface area (Å²) in [6.07, 6.45) is 1.27. The predicted octanol–water partition coefficient (Wildman–Crippen LogP) is 2.86. The van der Waals surface area contributed by atoms with Crippen LogP contribution in [0.2, 0.25) is 5.15 Å². The molecule has 0 saturated carbocycles. The van der Waals surface area contributed by atoms with E-state index in [2.05, 4.69) is 9.71 Å². The highest BCUT2D eigenvalue weighted by molar-refractivity contribution is 7.92. The van der Waals surface area contributed by atoms with E-state index in [1.165, 1.54) is 12.3 Å². The van der Waals surface area contributed by atoms with E-state index in [9.17, 15) is 12.8 Å². The van der Waals surface area contributed by atoms with Gasteiger partial charge in [0.25, 0.3) is 10.0 Å². The molecular formula is C13H9ClFN3O2S. The van der Waals surface area contributed by atoms with Crippen LogP contribution in [-0.2, 0) is 10.0 Å². The van der Waals surface area contributed by atoms with Crippen LogP contribution in [-0.4, -0.2) is 13.4 Å². The summed E-state index contributed by atoms with van der Waals surface area (Å²) in [6.45, 7) is 1.68. The molecule has 0 unspecified atom stereocenters. The normalized spacial score (nSPS) is 11.0. The molecule has 2 aromatic rings. The number of anilines is 1. The van der Waals surface area contributed by atoms with E-state index < -0.39 is 15.8 Å². The smallest absolute Gasteiger partial charge is 0.261 e. The largest absolute Gasteiger partial charge is 0.278 e. The minimum Gasteiger partial charge on any atom is -0.278 e. The van der Waals surface area contributed by atoms with Crippen LogP contribution >= 0.6 is 11.6 Å². The molecule has 0 aliphatic rings. The minimum absolute atomic E-state index is 0.215. The molecule has 5 nitrogen and oxygen atoms in total. The average Bonchev–Trinajstić information content (AvgIpc) is 2.43. The van der Waals surface area contributed by atoms with Gasteiger partial charge in [-0.05, 0) is 36.8 Å². The predicted molar refractivity (Wildman–Crippen MR) is 75.9 cm³/mol. The Morgan fingerprint density at radius 1 is 1.38 bits per heavy atom. The highest BCUT2D eigenvalue weighted by Gasteiger charge is 2.17. The first-order valence-electron chi connectivity index (χ1n) is 5.68. The molecule has 1 aromatic heterocycles. The van der Waals surface area contributed by atoms with Gasteiger partial charge in [-0.1, -0.05) is 11.6 Å². The van der Waals surface area contributed by atoms with Crippen molar-refractivity contribution in [3.05, 3.63) is 52.6 Å². The van der Waals surface area contributed by atoms with Crippen molar-refractivity contribution in [1.29, 1.82) is 5.26 Å². The van der Waals surface area contributed by atoms with Gasteiger partial charge in [-0.15, -0.1) is 0 Å². The van der Waals surface area contributed by atoms with Crippen LogP contribution in [0.4, 0.5) is 10.1 Å². The van der Waals surface area contributed by atoms with Crippen LogP contribution in [0, 0.1) is 24.1 Å². The quantitative estimate of drug-likeness (QED) is 0.880. The fourth-order valence-corrected chi connectivity index (χ4v) is 2.75. The Balaban J connectivity index is 2.38. The average molecular weight is 326 g/mol. The van der Waals surface area contributed by atoms with Crippen molar-refractivity contribution >= 4 is 27.3 Å². The molecule has 0 saturated heterocycles. The molecule has 0 spiro atoms. The van der Waals surface area contributed by atoms with Crippen LogP contribution in [0.1, 0.15) is 11.1 Å². The van der Waals surface area contributed by atoms with E-state index >= 15 is 0 Å². The lowest BCUT2D eigenvalue weighted by atomic mass is 10.2. The summed E-state index contributed by atoms with van der Waals surface area (Å²) in [6, 6.07) is 6.08. The number of pyridine rings is 1. The monoisotopic (exact) mass is 325 g/mol. The van der Waals surface area contributed by atoms with Crippen molar-refractivity contribution < 1.29 is 12.8 Å². The molecule has 1 aromatic carbocycles. The summed E-state index contributed by atoms with van der Waals surface area (Å²) in [5.74, 6) is -0.777. The molecule has 1 heterocycles. The first-order valence-corrected chi connectivity index (χ1v) is 7.54. The number of rotatable bonds is 3. The Morgan fingerprint density at radius 3 is 2.71 bits per heavy atom. The number of hydrogen-bond acceptors (Lipinski definition) is 4. The second-order valence-corrected chi connectivity index (χ2v) is 6.23. The lowest BCUT2D eigenvalue weighted by molar-refractivity contribution is 0.599. The number of nitrogens with zero attached hydrogens (tertiary/aromatic N) is 2. The van der Waals surface area contributed by atoms with Crippen molar-refractivity contribution in [2.24, 2.45) is 0 Å². The van der Waals surface area contributed by atoms with Gasteiger partial charge in [-0.25, -0.2) is 17.8 Å². The molecule has 8 heteroatoms. The number of nitriles is 1. The fraction of sp³-hybridized carbons (Fsp3) is 0.0769. The number of aromatic nitrogens is 1. The van der Waals surface area contributed by atoms with Gasteiger partial charge in [0.15, 0.2) is 0 Å². The van der Waals surface area contributed by atoms with E-state index in [4.69, 9.17) is 16.9 Å². The van der Waals surface area contributed by atoms with Crippen LogP contribution in [0.25, 0.3) is 0 Å². The third-order valence-electron chi connectivity index (χ3n) is 2.64. The maximum Gasteiger partial charge on any atom is 0.261 e. The molecule has 0 amide bonds. The van der Waals surface area contributed by atoms with Crippen LogP contribution < -0.4 is 4.72 Å². The van der Waals surface area contributed by atoms with Gasteiger partial charge in [-0.2, -0.15) is 5.26 Å². The fourth-order valence-electron chi connectivity index (χ4n) is 1.59. The minimum atomic E-state index is -3.94. The van der Waals surface area contributed by atoms with Crippen molar-refractivity contribution in [1.82, 2.24) is 4.98 Å². The van der Waals surface area contributed by atoms with Crippen molar-refractivity contribution in [3.63, 3.8) is 0 Å². The van der Waals surface area contributed by atoms with E-state index in [-0.39, 0.29) is 21.3 Å². The van der Waals surface area contributed by atoms with Crippen molar-refractivity contribution in [2.75, 3.05) is 4.72 Å². The van der Waals surface area contributed by atoms with Gasteiger partial charge in [0.2, 0.25) is 0 Å². The van der Waals surface area contributed by atoms with Gasteiger partial charge in [0, 0.05) is 0 Å². The van der Waals surface area contributed by atoms with Crippen LogP contribution in [0.15, 0.2) is 35.4 Å². The van der Waals surface area contributed by atoms with Crippen LogP contribution in [0.5, 0.6) is 0 Å². The van der Waals surface area contributed by atoms with E-state index in [1.807, 2.05) is 0 Å². The van der Waals surface area contributed by atoms with E-state index in [0.717, 1.165) is 18.2 Å². The number of aryl methyl sites for hydroxylation is 1. The third kappa shape index (κ3) is 3.29. The summed E-state index contributed by atoms with van der Waals surface area (Å²) >= 11 is 5.76. The number of sulfonamides is 1. The lowest BCUT2D eigenvalue weighted by Gasteiger charge is -2.09. The van der Waals surface area contributed by atoms with Gasteiger partial charge in [-0.3, -0.25) is 4.72 Å². The summed E-state index contributed by atoms with van der Waals surface area (Å²) in [5, 5.41) is 9.01. The maximum atomic E-state index is 13.2. The standard InChI is InChI=1S/C13H9ClFN3O2S/c1-8-4-10(7-17-13(8)14)18-21(19,20)11-2-3-12(15)9(5-11)6-16/h2-5,7,18H,1H3. The summed E-state index contributed by atoms with van der Waals surface area (Å²) < 4.78 is 39.9. The topological polar surface area (TPSA) is 82.9 Å². The number of hydrogen-bond donors (Lipinski definition) is 1. The van der Waals surface area contributed by atoms with Gasteiger partial charge < -0.3 is 0 Å². The molecule has 0 aliphatic heterocycles. The second kappa shape index (κ2) is 5.68. The first kappa shape index (κ1) is 15.2. The van der Waals surface area contributed by atoms with Gasteiger partial charge in [0.1, 0.15) is 17.0 Å². The van der Waals surface area contributed by atoms with Gasteiger partial charge >= 0.3 is 0 Å². The molecule has 1 N–H and O–H groups in total. The lowest BCUT2D eigenvalue weighted by Crippen LogP contribution is -2.13. The Kier molecular flexibility index (Phi) is 4.11. The molecule has 108 valence electrons. The van der Waals surface area contributed by atoms with Crippen molar-refractivity contribution in [2.45, 2.75) is 11.8 Å². The number of nitrogens with one attached hydrogen (secondary N) is 1. The Hall–Kier alpha value is -2.17. The van der Waals surface area contributed by atoms with Crippen molar-refractivity contribution in [3.8, 4) is 6.07 Å². The molecule has 21 heavy (non-hydrogen) atoms. The first-order chi connectivity index (χ1) is 9.83. The zero-order valence-electron chi connectivity index (χ0n) is 10.8. The van der Waals surface area contributed by atoms with Gasteiger partial charge in [0.05, 0.1) is 22.3 Å². The van der Waals surface area contributed by atoms with E-state index in [0.29, 0.717) is 5.56 Å². The summed E-state index contributed by atoms with van der Waals surface area (Å²) in [4.78, 5) is 3.62. The SMILES string of the molecule is Cc1cc(NS(=O)(=O)c2ccc(F)c(C#N)c2)cnc1Cl. The summed E-state index contributed by atoms with van der Waals surface area (Å²) in [5.41, 5.74) is 0.483. The van der Waals surface area contributed by atoms with E-state index in [1.54, 1.807) is 13.0 Å². The molecule has 2 rings (SSSR count). The van der Waals surface area contributed by atoms with Crippen LogP contribution in [0.3, 0.4) is 0 Å². The summed E-state index contributed by atoms with van der Waals surface area (Å²) in [7, 11) is -3.94. The zero-order valence-corrected chi connectivity index (χ0v) is 12.3. The molecule has 0 bridgehead atoms. The highest BCUT2D eigenvalue weighted by atomic mass is 35.5. The number of halogens is 2. The molecule has 0 fully saturated rings. The molecule has 0 atom stereocenters. The zero-order chi connectivity index (χ0) is 15.6. The molecular weight excluding hydrogens is 317 g/mol. The second-order valence-electron chi connectivity index (χ2n) is 4.19. The third-order valence-corrected chi connectivity index (χ3v) is 4.41. The Labute approximate surface area is 126 Å². The highest BCUT2D eigenvalue weighted by Crippen LogP contribution is 2.21. The maximum absolute atomic E-state index is 13.2. The molecule has 0 radical (unpaired) electrons. The Morgan fingerprint density at radius 2 is 2.10 bits per heavy atom. The molecule has 0 aliphatic carbocycles.